The molecule has 1 aliphatic heterocycles. The number of aliphatic hydroxyl groups is 1. The number of hydrogen-bond acceptors (Lipinski definition) is 3. The normalized spacial score (nSPS) is 31.2. The van der Waals surface area contributed by atoms with Crippen LogP contribution in [0.25, 0.3) is 0 Å². The summed E-state index contributed by atoms with van der Waals surface area (Å²) in [6.45, 7) is 2.47. The zero-order valence-corrected chi connectivity index (χ0v) is 12.5. The van der Waals surface area contributed by atoms with Crippen molar-refractivity contribution in [3.8, 4) is 0 Å². The lowest BCUT2D eigenvalue weighted by molar-refractivity contribution is 0.0517. The van der Waals surface area contributed by atoms with E-state index in [1.807, 2.05) is 19.1 Å². The van der Waals surface area contributed by atoms with E-state index in [1.54, 1.807) is 12.1 Å². The molecule has 1 saturated carbocycles. The van der Waals surface area contributed by atoms with E-state index < -0.39 is 16.1 Å². The third kappa shape index (κ3) is 2.28. The van der Waals surface area contributed by atoms with Gasteiger partial charge < -0.3 is 5.11 Å². The summed E-state index contributed by atoms with van der Waals surface area (Å²) in [6, 6.07) is 6.73. The number of hydrogen-bond donors (Lipinski definition) is 1. The monoisotopic (exact) mass is 295 g/mol. The first kappa shape index (κ1) is 14.0. The van der Waals surface area contributed by atoms with Gasteiger partial charge in [0.1, 0.15) is 0 Å². The Labute approximate surface area is 120 Å². The molecule has 20 heavy (non-hydrogen) atoms. The second-order valence-corrected chi connectivity index (χ2v) is 7.86. The van der Waals surface area contributed by atoms with Crippen LogP contribution in [0.1, 0.15) is 31.2 Å². The van der Waals surface area contributed by atoms with Crippen LogP contribution in [0.4, 0.5) is 0 Å². The molecule has 2 aliphatic rings. The second-order valence-electron chi connectivity index (χ2n) is 5.97. The zero-order chi connectivity index (χ0) is 14.3. The van der Waals surface area contributed by atoms with Crippen LogP contribution in [-0.2, 0) is 10.0 Å². The van der Waals surface area contributed by atoms with Gasteiger partial charge in [-0.15, -0.1) is 0 Å². The molecule has 1 aromatic carbocycles. The molecule has 1 saturated heterocycles. The number of benzene rings is 1. The smallest absolute Gasteiger partial charge is 0.243 e. The molecule has 0 bridgehead atoms. The van der Waals surface area contributed by atoms with Crippen molar-refractivity contribution >= 4 is 10.0 Å². The van der Waals surface area contributed by atoms with E-state index in [-0.39, 0.29) is 6.04 Å². The van der Waals surface area contributed by atoms with Crippen molar-refractivity contribution in [2.24, 2.45) is 5.92 Å². The van der Waals surface area contributed by atoms with Crippen molar-refractivity contribution in [1.82, 2.24) is 4.31 Å². The van der Waals surface area contributed by atoms with Gasteiger partial charge in [-0.05, 0) is 44.2 Å². The van der Waals surface area contributed by atoms with Crippen LogP contribution >= 0.6 is 0 Å². The van der Waals surface area contributed by atoms with Gasteiger partial charge in [0.25, 0.3) is 0 Å². The SMILES string of the molecule is Cc1ccc(S(=O)(=O)N2CC[C@H]3CCC[C@@H](O)[C@H]32)cc1. The molecule has 5 heteroatoms. The van der Waals surface area contributed by atoms with Crippen LogP contribution in [0.5, 0.6) is 0 Å². The van der Waals surface area contributed by atoms with E-state index in [2.05, 4.69) is 0 Å². The summed E-state index contributed by atoms with van der Waals surface area (Å²) < 4.78 is 27.1. The van der Waals surface area contributed by atoms with E-state index in [0.29, 0.717) is 23.8 Å². The van der Waals surface area contributed by atoms with Gasteiger partial charge >= 0.3 is 0 Å². The molecular weight excluding hydrogens is 274 g/mol. The summed E-state index contributed by atoms with van der Waals surface area (Å²) in [7, 11) is -3.49. The van der Waals surface area contributed by atoms with Crippen LogP contribution in [0, 0.1) is 12.8 Å². The molecule has 0 spiro atoms. The van der Waals surface area contributed by atoms with Gasteiger partial charge in [0.15, 0.2) is 0 Å². The number of rotatable bonds is 2. The number of fused-ring (bicyclic) bond motifs is 1. The summed E-state index contributed by atoms with van der Waals surface area (Å²) in [5.74, 6) is 0.318. The third-order valence-electron chi connectivity index (χ3n) is 4.63. The fourth-order valence-corrected chi connectivity index (χ4v) is 5.28. The Bertz CT molecular complexity index is 582. The fraction of sp³-hybridized carbons (Fsp3) is 0.600. The quantitative estimate of drug-likeness (QED) is 0.907. The Balaban J connectivity index is 1.93. The average molecular weight is 295 g/mol. The average Bonchev–Trinajstić information content (AvgIpc) is 2.85. The maximum absolute atomic E-state index is 12.8. The minimum Gasteiger partial charge on any atom is -0.391 e. The first-order valence-corrected chi connectivity index (χ1v) is 8.71. The first-order chi connectivity index (χ1) is 9.50. The molecule has 4 nitrogen and oxygen atoms in total. The molecule has 110 valence electrons. The van der Waals surface area contributed by atoms with E-state index in [1.165, 1.54) is 4.31 Å². The summed E-state index contributed by atoms with van der Waals surface area (Å²) in [5, 5.41) is 10.2. The predicted octanol–water partition coefficient (Wildman–Crippen LogP) is 1.92. The molecule has 3 rings (SSSR count). The molecule has 1 N–H and O–H groups in total. The maximum atomic E-state index is 12.8. The molecule has 3 atom stereocenters. The highest BCUT2D eigenvalue weighted by atomic mass is 32.2. The predicted molar refractivity (Wildman–Crippen MR) is 76.8 cm³/mol. The fourth-order valence-electron chi connectivity index (χ4n) is 3.56. The summed E-state index contributed by atoms with van der Waals surface area (Å²) in [5.41, 5.74) is 1.04. The highest BCUT2D eigenvalue weighted by molar-refractivity contribution is 7.89. The standard InChI is InChI=1S/C15H21NO3S/c1-11-5-7-13(8-6-11)20(18,19)16-10-9-12-3-2-4-14(17)15(12)16/h5-8,12,14-15,17H,2-4,9-10H2,1H3/t12-,14-,15+/m1/s1. The lowest BCUT2D eigenvalue weighted by atomic mass is 9.83. The van der Waals surface area contributed by atoms with Gasteiger partial charge in [-0.3, -0.25) is 0 Å². The van der Waals surface area contributed by atoms with Crippen molar-refractivity contribution in [3.63, 3.8) is 0 Å². The summed E-state index contributed by atoms with van der Waals surface area (Å²) in [4.78, 5) is 0.335. The van der Waals surface area contributed by atoms with E-state index in [9.17, 15) is 13.5 Å². The van der Waals surface area contributed by atoms with E-state index >= 15 is 0 Å². The lowest BCUT2D eigenvalue weighted by Gasteiger charge is -2.35. The highest BCUT2D eigenvalue weighted by Gasteiger charge is 2.46. The first-order valence-electron chi connectivity index (χ1n) is 7.27. The van der Waals surface area contributed by atoms with Crippen molar-refractivity contribution in [2.75, 3.05) is 6.54 Å². The van der Waals surface area contributed by atoms with Gasteiger partial charge in [-0.1, -0.05) is 24.1 Å². The number of aliphatic hydroxyl groups excluding tert-OH is 1. The van der Waals surface area contributed by atoms with Crippen molar-refractivity contribution < 1.29 is 13.5 Å². The Hall–Kier alpha value is -0.910. The van der Waals surface area contributed by atoms with Crippen LogP contribution in [0.2, 0.25) is 0 Å². The van der Waals surface area contributed by atoms with Gasteiger partial charge in [0.05, 0.1) is 17.0 Å². The second kappa shape index (κ2) is 5.13. The molecule has 1 aromatic rings. The maximum Gasteiger partial charge on any atom is 0.243 e. The lowest BCUT2D eigenvalue weighted by Crippen LogP contribution is -2.47. The van der Waals surface area contributed by atoms with Gasteiger partial charge in [-0.25, -0.2) is 8.42 Å². The Morgan fingerprint density at radius 2 is 1.85 bits per heavy atom. The van der Waals surface area contributed by atoms with Crippen LogP contribution < -0.4 is 0 Å². The number of aryl methyl sites for hydroxylation is 1. The van der Waals surface area contributed by atoms with Crippen molar-refractivity contribution in [1.29, 1.82) is 0 Å². The van der Waals surface area contributed by atoms with Gasteiger partial charge in [-0.2, -0.15) is 4.31 Å². The molecule has 0 aromatic heterocycles. The molecule has 0 unspecified atom stereocenters. The number of sulfonamides is 1. The Kier molecular flexibility index (Phi) is 3.60. The van der Waals surface area contributed by atoms with Gasteiger partial charge in [0, 0.05) is 6.54 Å². The topological polar surface area (TPSA) is 57.6 Å². The van der Waals surface area contributed by atoms with Crippen LogP contribution in [0.15, 0.2) is 29.2 Å². The Morgan fingerprint density at radius 1 is 1.15 bits per heavy atom. The summed E-state index contributed by atoms with van der Waals surface area (Å²) in [6.07, 6.45) is 3.09. The minimum atomic E-state index is -3.49. The van der Waals surface area contributed by atoms with Crippen LogP contribution in [0.3, 0.4) is 0 Å². The largest absolute Gasteiger partial charge is 0.391 e. The number of nitrogens with zero attached hydrogens (tertiary/aromatic N) is 1. The van der Waals surface area contributed by atoms with Crippen molar-refractivity contribution in [2.45, 2.75) is 49.6 Å². The third-order valence-corrected chi connectivity index (χ3v) is 6.54. The molecule has 1 heterocycles. The minimum absolute atomic E-state index is 0.227. The van der Waals surface area contributed by atoms with Crippen LogP contribution in [-0.4, -0.2) is 36.5 Å². The van der Waals surface area contributed by atoms with Gasteiger partial charge in [0.2, 0.25) is 10.0 Å². The zero-order valence-electron chi connectivity index (χ0n) is 11.7. The Morgan fingerprint density at radius 3 is 2.55 bits per heavy atom. The highest BCUT2D eigenvalue weighted by Crippen LogP contribution is 2.39. The molecule has 0 radical (unpaired) electrons. The van der Waals surface area contributed by atoms with E-state index in [4.69, 9.17) is 0 Å². The summed E-state index contributed by atoms with van der Waals surface area (Å²) >= 11 is 0. The van der Waals surface area contributed by atoms with Crippen molar-refractivity contribution in [3.05, 3.63) is 29.8 Å². The molecular formula is C15H21NO3S. The molecule has 1 aliphatic carbocycles. The van der Waals surface area contributed by atoms with E-state index in [0.717, 1.165) is 24.8 Å². The molecule has 2 fully saturated rings. The molecule has 0 amide bonds.